The average molecular weight is 591 g/mol. The maximum Gasteiger partial charge on any atom is 0.264 e. The van der Waals surface area contributed by atoms with Gasteiger partial charge < -0.3 is 10.2 Å². The van der Waals surface area contributed by atoms with Gasteiger partial charge in [-0.05, 0) is 73.4 Å². The second-order valence-corrected chi connectivity index (χ2v) is 12.5. The lowest BCUT2D eigenvalue weighted by molar-refractivity contribution is -0.139. The van der Waals surface area contributed by atoms with Crippen LogP contribution in [0.2, 0.25) is 10.0 Å². The third kappa shape index (κ3) is 7.97. The van der Waals surface area contributed by atoms with Gasteiger partial charge in [-0.1, -0.05) is 67.4 Å². The second kappa shape index (κ2) is 13.3. The lowest BCUT2D eigenvalue weighted by atomic mass is 10.1. The minimum atomic E-state index is -4.16. The van der Waals surface area contributed by atoms with Gasteiger partial charge in [-0.3, -0.25) is 13.9 Å². The van der Waals surface area contributed by atoms with Gasteiger partial charge in [0.05, 0.1) is 10.6 Å². The van der Waals surface area contributed by atoms with Crippen LogP contribution in [0.4, 0.5) is 5.69 Å². The van der Waals surface area contributed by atoms with Crippen LogP contribution in [-0.2, 0) is 26.2 Å². The SMILES string of the molecule is Cc1ccccc1N(CC(=O)N(Cc1cccc(Cl)c1)[C@H](C)C(=O)NCC(C)C)S(=O)(=O)c1ccc(Cl)cc1. The number of aryl methyl sites for hydroxylation is 1. The zero-order chi connectivity index (χ0) is 28.7. The van der Waals surface area contributed by atoms with Crippen molar-refractivity contribution in [2.24, 2.45) is 5.92 Å². The monoisotopic (exact) mass is 589 g/mol. The fourth-order valence-corrected chi connectivity index (χ4v) is 5.78. The maximum absolute atomic E-state index is 13.9. The number of para-hydroxylation sites is 1. The van der Waals surface area contributed by atoms with Crippen molar-refractivity contribution in [1.82, 2.24) is 10.2 Å². The van der Waals surface area contributed by atoms with E-state index in [9.17, 15) is 18.0 Å². The third-order valence-corrected chi connectivity index (χ3v) is 8.42. The predicted octanol–water partition coefficient (Wildman–Crippen LogP) is 5.69. The van der Waals surface area contributed by atoms with Gasteiger partial charge in [0.15, 0.2) is 0 Å². The number of carbonyl (C=O) groups is 2. The molecule has 0 radical (unpaired) electrons. The lowest BCUT2D eigenvalue weighted by Crippen LogP contribution is -2.51. The van der Waals surface area contributed by atoms with Gasteiger partial charge in [-0.2, -0.15) is 0 Å². The number of hydrogen-bond donors (Lipinski definition) is 1. The smallest absolute Gasteiger partial charge is 0.264 e. The average Bonchev–Trinajstić information content (AvgIpc) is 2.89. The first-order valence-corrected chi connectivity index (χ1v) is 14.7. The molecule has 0 heterocycles. The van der Waals surface area contributed by atoms with E-state index in [4.69, 9.17) is 23.2 Å². The topological polar surface area (TPSA) is 86.8 Å². The zero-order valence-corrected chi connectivity index (χ0v) is 24.7. The Kier molecular flexibility index (Phi) is 10.4. The molecule has 1 N–H and O–H groups in total. The van der Waals surface area contributed by atoms with E-state index in [1.54, 1.807) is 62.4 Å². The lowest BCUT2D eigenvalue weighted by Gasteiger charge is -2.32. The Morgan fingerprint density at radius 3 is 2.18 bits per heavy atom. The van der Waals surface area contributed by atoms with Gasteiger partial charge in [-0.25, -0.2) is 8.42 Å². The molecule has 7 nitrogen and oxygen atoms in total. The van der Waals surface area contributed by atoms with Crippen LogP contribution >= 0.6 is 23.2 Å². The van der Waals surface area contributed by atoms with Gasteiger partial charge in [0.2, 0.25) is 11.8 Å². The molecule has 3 aromatic rings. The standard InChI is InChI=1S/C29H33Cl2N3O4S/c1-20(2)17-32-29(36)22(4)33(18-23-9-7-10-25(31)16-23)28(35)19-34(27-11-6-5-8-21(27)3)39(37,38)26-14-12-24(30)13-15-26/h5-16,20,22H,17-19H2,1-4H3,(H,32,36)/t22-/m1/s1. The van der Waals surface area contributed by atoms with Crippen molar-refractivity contribution in [3.8, 4) is 0 Å². The summed E-state index contributed by atoms with van der Waals surface area (Å²) >= 11 is 12.2. The molecular weight excluding hydrogens is 557 g/mol. The molecule has 208 valence electrons. The summed E-state index contributed by atoms with van der Waals surface area (Å²) in [6.07, 6.45) is 0. The number of halogens is 2. The molecule has 3 rings (SSSR count). The van der Waals surface area contributed by atoms with Crippen LogP contribution in [0, 0.1) is 12.8 Å². The van der Waals surface area contributed by atoms with Crippen molar-refractivity contribution in [1.29, 1.82) is 0 Å². The Hall–Kier alpha value is -3.07. The van der Waals surface area contributed by atoms with E-state index in [0.717, 1.165) is 4.31 Å². The number of nitrogens with one attached hydrogen (secondary N) is 1. The highest BCUT2D eigenvalue weighted by Gasteiger charge is 2.33. The molecule has 0 aliphatic rings. The number of amides is 2. The maximum atomic E-state index is 13.9. The van der Waals surface area contributed by atoms with Crippen molar-refractivity contribution in [3.63, 3.8) is 0 Å². The minimum Gasteiger partial charge on any atom is -0.354 e. The number of rotatable bonds is 11. The van der Waals surface area contributed by atoms with Crippen molar-refractivity contribution in [2.45, 2.75) is 45.2 Å². The van der Waals surface area contributed by atoms with Crippen LogP contribution in [0.15, 0.2) is 77.7 Å². The van der Waals surface area contributed by atoms with Crippen LogP contribution in [0.1, 0.15) is 31.9 Å². The highest BCUT2D eigenvalue weighted by atomic mass is 35.5. The molecule has 0 aromatic heterocycles. The van der Waals surface area contributed by atoms with Crippen LogP contribution in [-0.4, -0.2) is 44.3 Å². The molecule has 0 saturated carbocycles. The van der Waals surface area contributed by atoms with Crippen molar-refractivity contribution in [2.75, 3.05) is 17.4 Å². The second-order valence-electron chi connectivity index (χ2n) is 9.72. The Morgan fingerprint density at radius 1 is 0.897 bits per heavy atom. The number of benzene rings is 3. The van der Waals surface area contributed by atoms with Crippen molar-refractivity contribution in [3.05, 3.63) is 94.0 Å². The normalized spacial score (nSPS) is 12.2. The molecule has 2 amide bonds. The molecule has 0 spiro atoms. The van der Waals surface area contributed by atoms with Gasteiger partial charge >= 0.3 is 0 Å². The first-order chi connectivity index (χ1) is 18.4. The van der Waals surface area contributed by atoms with E-state index in [0.29, 0.717) is 33.4 Å². The van der Waals surface area contributed by atoms with E-state index < -0.39 is 28.5 Å². The van der Waals surface area contributed by atoms with Crippen molar-refractivity contribution >= 4 is 50.7 Å². The summed E-state index contributed by atoms with van der Waals surface area (Å²) in [6, 6.07) is 18.8. The molecule has 0 saturated heterocycles. The molecule has 0 aliphatic carbocycles. The van der Waals surface area contributed by atoms with Crippen LogP contribution in [0.25, 0.3) is 0 Å². The van der Waals surface area contributed by atoms with E-state index in [-0.39, 0.29) is 23.3 Å². The van der Waals surface area contributed by atoms with Gasteiger partial charge in [0, 0.05) is 23.1 Å². The number of hydrogen-bond acceptors (Lipinski definition) is 4. The fraction of sp³-hybridized carbons (Fsp3) is 0.310. The van der Waals surface area contributed by atoms with Gasteiger partial charge in [0.1, 0.15) is 12.6 Å². The van der Waals surface area contributed by atoms with E-state index in [1.807, 2.05) is 13.8 Å². The van der Waals surface area contributed by atoms with E-state index >= 15 is 0 Å². The summed E-state index contributed by atoms with van der Waals surface area (Å²) in [5, 5.41) is 3.75. The number of sulfonamides is 1. The van der Waals surface area contributed by atoms with Crippen LogP contribution in [0.3, 0.4) is 0 Å². The molecule has 1 atom stereocenters. The summed E-state index contributed by atoms with van der Waals surface area (Å²) in [7, 11) is -4.16. The fourth-order valence-electron chi connectivity index (χ4n) is 3.96. The molecule has 0 unspecified atom stereocenters. The first kappa shape index (κ1) is 30.5. The molecule has 39 heavy (non-hydrogen) atoms. The third-order valence-electron chi connectivity index (χ3n) is 6.16. The van der Waals surface area contributed by atoms with Crippen LogP contribution in [0.5, 0.6) is 0 Å². The zero-order valence-electron chi connectivity index (χ0n) is 22.4. The molecule has 10 heteroatoms. The molecule has 3 aromatic carbocycles. The summed E-state index contributed by atoms with van der Waals surface area (Å²) < 4.78 is 28.8. The van der Waals surface area contributed by atoms with Gasteiger partial charge in [-0.15, -0.1) is 0 Å². The Balaban J connectivity index is 2.02. The molecule has 0 bridgehead atoms. The summed E-state index contributed by atoms with van der Waals surface area (Å²) in [4.78, 5) is 28.3. The minimum absolute atomic E-state index is 0.00734. The highest BCUT2D eigenvalue weighted by molar-refractivity contribution is 7.92. The van der Waals surface area contributed by atoms with Crippen LogP contribution < -0.4 is 9.62 Å². The van der Waals surface area contributed by atoms with E-state index in [2.05, 4.69) is 5.32 Å². The number of nitrogens with zero attached hydrogens (tertiary/aromatic N) is 2. The molecule has 0 aliphatic heterocycles. The number of anilines is 1. The molecule has 0 fully saturated rings. The van der Waals surface area contributed by atoms with Gasteiger partial charge in [0.25, 0.3) is 10.0 Å². The quantitative estimate of drug-likeness (QED) is 0.311. The Morgan fingerprint density at radius 2 is 1.56 bits per heavy atom. The first-order valence-electron chi connectivity index (χ1n) is 12.6. The predicted molar refractivity (Wildman–Crippen MR) is 156 cm³/mol. The Bertz CT molecular complexity index is 1410. The summed E-state index contributed by atoms with van der Waals surface area (Å²) in [5.74, 6) is -0.649. The highest BCUT2D eigenvalue weighted by Crippen LogP contribution is 2.28. The Labute approximate surface area is 240 Å². The molecular formula is C29H33Cl2N3O4S. The van der Waals surface area contributed by atoms with E-state index in [1.165, 1.54) is 29.2 Å². The number of carbonyl (C=O) groups excluding carboxylic acids is 2. The summed E-state index contributed by atoms with van der Waals surface area (Å²) in [6.45, 7) is 7.35. The largest absolute Gasteiger partial charge is 0.354 e. The summed E-state index contributed by atoms with van der Waals surface area (Å²) in [5.41, 5.74) is 1.75. The van der Waals surface area contributed by atoms with Crippen molar-refractivity contribution < 1.29 is 18.0 Å².